The first-order chi connectivity index (χ1) is 11.9. The highest BCUT2D eigenvalue weighted by atomic mass is 16.5. The molecule has 0 radical (unpaired) electrons. The number of aliphatic hydroxyl groups is 2. The fourth-order valence-electron chi connectivity index (χ4n) is 6.66. The zero-order valence-electron chi connectivity index (χ0n) is 15.4. The van der Waals surface area contributed by atoms with Gasteiger partial charge < -0.3 is 19.7 Å². The van der Waals surface area contributed by atoms with Crippen molar-refractivity contribution in [2.24, 2.45) is 34.5 Å². The summed E-state index contributed by atoms with van der Waals surface area (Å²) in [5.41, 5.74) is -0.575. The summed E-state index contributed by atoms with van der Waals surface area (Å²) >= 11 is 0. The van der Waals surface area contributed by atoms with E-state index >= 15 is 0 Å². The van der Waals surface area contributed by atoms with Crippen molar-refractivity contribution >= 4 is 5.97 Å². The van der Waals surface area contributed by atoms with Crippen molar-refractivity contribution in [3.63, 3.8) is 0 Å². The number of carbonyl (C=O) groups is 1. The minimum absolute atomic E-state index is 0.0194. The van der Waals surface area contributed by atoms with Crippen LogP contribution in [0, 0.1) is 34.5 Å². The maximum atomic E-state index is 12.3. The second-order valence-electron chi connectivity index (χ2n) is 9.35. The predicted octanol–water partition coefficient (Wildman–Crippen LogP) is 2.14. The molecule has 142 valence electrons. The molecule has 0 aromatic rings. The van der Waals surface area contributed by atoms with E-state index in [1.54, 1.807) is 0 Å². The highest BCUT2D eigenvalue weighted by Gasteiger charge is 2.67. The molecule has 2 aliphatic heterocycles. The molecule has 2 saturated carbocycles. The van der Waals surface area contributed by atoms with E-state index in [9.17, 15) is 15.0 Å². The molecular formula is C20H32O5. The topological polar surface area (TPSA) is 76.0 Å². The summed E-state index contributed by atoms with van der Waals surface area (Å²) in [5, 5.41) is 21.9. The van der Waals surface area contributed by atoms with Gasteiger partial charge in [-0.2, -0.15) is 0 Å². The highest BCUT2D eigenvalue weighted by Crippen LogP contribution is 2.65. The van der Waals surface area contributed by atoms with Gasteiger partial charge in [-0.25, -0.2) is 0 Å². The van der Waals surface area contributed by atoms with Crippen LogP contribution in [0.15, 0.2) is 0 Å². The van der Waals surface area contributed by atoms with Gasteiger partial charge in [0, 0.05) is 24.5 Å². The van der Waals surface area contributed by atoms with Crippen LogP contribution >= 0.6 is 0 Å². The van der Waals surface area contributed by atoms with Gasteiger partial charge in [-0.05, 0) is 55.8 Å². The van der Waals surface area contributed by atoms with Gasteiger partial charge in [0.15, 0.2) is 0 Å². The average Bonchev–Trinajstić information content (AvgIpc) is 3.19. The fourth-order valence-corrected chi connectivity index (χ4v) is 6.66. The van der Waals surface area contributed by atoms with E-state index in [4.69, 9.17) is 9.47 Å². The summed E-state index contributed by atoms with van der Waals surface area (Å²) in [4.78, 5) is 12.3. The first-order valence-electron chi connectivity index (χ1n) is 9.99. The Labute approximate surface area is 150 Å². The van der Waals surface area contributed by atoms with Crippen molar-refractivity contribution in [1.82, 2.24) is 0 Å². The molecule has 1 spiro atoms. The lowest BCUT2D eigenvalue weighted by Crippen LogP contribution is -2.63. The van der Waals surface area contributed by atoms with Crippen LogP contribution in [0.2, 0.25) is 0 Å². The first kappa shape index (κ1) is 17.7. The molecule has 25 heavy (non-hydrogen) atoms. The molecule has 2 aliphatic carbocycles. The van der Waals surface area contributed by atoms with E-state index in [2.05, 4.69) is 13.8 Å². The SMILES string of the molecule is C[C@@H]1[C@H](O)C[C@@]23COC(=O)[C@@H]2CC[C@H](O)[C@@H]3[C@@]1(C)CC[C@@H]1CCOC1. The predicted molar refractivity (Wildman–Crippen MR) is 91.7 cm³/mol. The number of carbonyl (C=O) groups excluding carboxylic acids is 1. The third-order valence-electron chi connectivity index (χ3n) is 8.25. The Morgan fingerprint density at radius 2 is 2.00 bits per heavy atom. The second-order valence-corrected chi connectivity index (χ2v) is 9.35. The molecule has 4 fully saturated rings. The van der Waals surface area contributed by atoms with E-state index in [0.717, 1.165) is 32.5 Å². The van der Waals surface area contributed by atoms with Gasteiger partial charge in [-0.3, -0.25) is 4.79 Å². The number of hydrogen-bond acceptors (Lipinski definition) is 5. The summed E-state index contributed by atoms with van der Waals surface area (Å²) in [6, 6.07) is 0. The molecule has 0 amide bonds. The molecule has 0 bridgehead atoms. The number of ether oxygens (including phenoxy) is 2. The van der Waals surface area contributed by atoms with Gasteiger partial charge in [0.05, 0.1) is 24.7 Å². The summed E-state index contributed by atoms with van der Waals surface area (Å²) in [6.45, 7) is 6.40. The summed E-state index contributed by atoms with van der Waals surface area (Å²) in [5.74, 6) is 0.430. The minimum Gasteiger partial charge on any atom is -0.465 e. The lowest BCUT2D eigenvalue weighted by atomic mass is 9.43. The summed E-state index contributed by atoms with van der Waals surface area (Å²) in [6.07, 6.45) is 4.20. The molecular weight excluding hydrogens is 320 g/mol. The fraction of sp³-hybridized carbons (Fsp3) is 0.950. The smallest absolute Gasteiger partial charge is 0.309 e. The molecule has 8 atom stereocenters. The molecule has 0 aromatic carbocycles. The summed E-state index contributed by atoms with van der Waals surface area (Å²) in [7, 11) is 0. The van der Waals surface area contributed by atoms with Crippen LogP contribution in [-0.4, -0.2) is 48.2 Å². The average molecular weight is 352 g/mol. The van der Waals surface area contributed by atoms with Crippen LogP contribution in [0.3, 0.4) is 0 Å². The van der Waals surface area contributed by atoms with Crippen LogP contribution in [-0.2, 0) is 14.3 Å². The Bertz CT molecular complexity index is 530. The van der Waals surface area contributed by atoms with E-state index in [-0.39, 0.29) is 34.6 Å². The third kappa shape index (κ3) is 2.57. The summed E-state index contributed by atoms with van der Waals surface area (Å²) < 4.78 is 11.0. The Morgan fingerprint density at radius 3 is 2.72 bits per heavy atom. The Balaban J connectivity index is 1.66. The van der Waals surface area contributed by atoms with E-state index in [1.165, 1.54) is 0 Å². The number of cyclic esters (lactones) is 1. The van der Waals surface area contributed by atoms with Crippen molar-refractivity contribution in [2.45, 2.75) is 64.6 Å². The van der Waals surface area contributed by atoms with Crippen molar-refractivity contribution in [3.05, 3.63) is 0 Å². The van der Waals surface area contributed by atoms with Crippen LogP contribution in [0.4, 0.5) is 0 Å². The van der Waals surface area contributed by atoms with Crippen molar-refractivity contribution in [1.29, 1.82) is 0 Å². The highest BCUT2D eigenvalue weighted by molar-refractivity contribution is 5.76. The lowest BCUT2D eigenvalue weighted by molar-refractivity contribution is -0.198. The quantitative estimate of drug-likeness (QED) is 0.761. The molecule has 2 heterocycles. The zero-order valence-corrected chi connectivity index (χ0v) is 15.4. The number of hydrogen-bond donors (Lipinski definition) is 2. The van der Waals surface area contributed by atoms with Gasteiger partial charge >= 0.3 is 5.97 Å². The van der Waals surface area contributed by atoms with Crippen LogP contribution in [0.25, 0.3) is 0 Å². The largest absolute Gasteiger partial charge is 0.465 e. The number of aliphatic hydroxyl groups excluding tert-OH is 2. The maximum absolute atomic E-state index is 12.3. The Kier molecular flexibility index (Phi) is 4.41. The molecule has 4 aliphatic rings. The molecule has 4 rings (SSSR count). The van der Waals surface area contributed by atoms with Crippen molar-refractivity contribution < 1.29 is 24.5 Å². The number of rotatable bonds is 3. The van der Waals surface area contributed by atoms with Crippen LogP contribution in [0.1, 0.15) is 52.4 Å². The lowest BCUT2D eigenvalue weighted by Gasteiger charge is -2.61. The molecule has 5 heteroatoms. The maximum Gasteiger partial charge on any atom is 0.309 e. The van der Waals surface area contributed by atoms with Crippen LogP contribution < -0.4 is 0 Å². The molecule has 2 N–H and O–H groups in total. The molecule has 0 aromatic heterocycles. The van der Waals surface area contributed by atoms with Crippen molar-refractivity contribution in [3.8, 4) is 0 Å². The van der Waals surface area contributed by atoms with Crippen LogP contribution in [0.5, 0.6) is 0 Å². The molecule has 5 nitrogen and oxygen atoms in total. The molecule has 2 saturated heterocycles. The second kappa shape index (κ2) is 6.21. The van der Waals surface area contributed by atoms with E-state index in [1.807, 2.05) is 0 Å². The van der Waals surface area contributed by atoms with Crippen molar-refractivity contribution in [2.75, 3.05) is 19.8 Å². The third-order valence-corrected chi connectivity index (χ3v) is 8.25. The zero-order chi connectivity index (χ0) is 17.8. The molecule has 0 unspecified atom stereocenters. The number of esters is 1. The normalized spacial score (nSPS) is 52.6. The van der Waals surface area contributed by atoms with Gasteiger partial charge in [-0.1, -0.05) is 13.8 Å². The van der Waals surface area contributed by atoms with Gasteiger partial charge in [0.2, 0.25) is 0 Å². The van der Waals surface area contributed by atoms with E-state index in [0.29, 0.717) is 31.8 Å². The van der Waals surface area contributed by atoms with Gasteiger partial charge in [0.25, 0.3) is 0 Å². The standard InChI is InChI=1S/C20H32O5/c1-12-16(22)9-20-11-25-18(23)14(20)3-4-15(21)17(20)19(12,2)7-5-13-6-8-24-10-13/h12-17,21-22H,3-11H2,1-2H3/t12-,13-,14+,15+,16-,17-,19+,20-/m1/s1. The Morgan fingerprint density at radius 1 is 1.20 bits per heavy atom. The first-order valence-corrected chi connectivity index (χ1v) is 9.99. The minimum atomic E-state index is -0.441. The van der Waals surface area contributed by atoms with Gasteiger partial charge in [-0.15, -0.1) is 0 Å². The van der Waals surface area contributed by atoms with E-state index < -0.39 is 12.2 Å². The van der Waals surface area contributed by atoms with Gasteiger partial charge in [0.1, 0.15) is 0 Å². The monoisotopic (exact) mass is 352 g/mol. The Hall–Kier alpha value is -0.650.